The molecule has 0 radical (unpaired) electrons. The van der Waals surface area contributed by atoms with Crippen LogP contribution in [0.5, 0.6) is 0 Å². The molecular formula is C14H18FN3O2. The van der Waals surface area contributed by atoms with Crippen molar-refractivity contribution in [3.8, 4) is 0 Å². The van der Waals surface area contributed by atoms with Crippen LogP contribution in [0.15, 0.2) is 12.1 Å². The normalized spacial score (nSPS) is 13.6. The molecule has 0 spiro atoms. The van der Waals surface area contributed by atoms with Gasteiger partial charge in [0.2, 0.25) is 11.8 Å². The van der Waals surface area contributed by atoms with Crippen LogP contribution in [-0.2, 0) is 16.0 Å². The molecule has 0 atom stereocenters. The highest BCUT2D eigenvalue weighted by Gasteiger charge is 2.18. The van der Waals surface area contributed by atoms with Crippen molar-refractivity contribution in [1.29, 1.82) is 0 Å². The van der Waals surface area contributed by atoms with Crippen LogP contribution < -0.4 is 16.4 Å². The number of aryl methyl sites for hydroxylation is 1. The number of carbonyl (C=O) groups excluding carboxylic acids is 2. The number of fused-ring (bicyclic) bond motifs is 1. The van der Waals surface area contributed by atoms with Gasteiger partial charge in [-0.05, 0) is 43.5 Å². The molecule has 1 aliphatic heterocycles. The third kappa shape index (κ3) is 3.54. The quantitative estimate of drug-likeness (QED) is 0.718. The molecule has 1 aromatic carbocycles. The number of amides is 2. The average molecular weight is 279 g/mol. The van der Waals surface area contributed by atoms with Gasteiger partial charge in [-0.15, -0.1) is 0 Å². The number of halogens is 1. The number of hydrogen-bond acceptors (Lipinski definition) is 3. The van der Waals surface area contributed by atoms with Crippen LogP contribution in [0.1, 0.15) is 31.2 Å². The van der Waals surface area contributed by atoms with Crippen molar-refractivity contribution < 1.29 is 14.0 Å². The molecule has 20 heavy (non-hydrogen) atoms. The largest absolute Gasteiger partial charge is 0.330 e. The van der Waals surface area contributed by atoms with Crippen molar-refractivity contribution in [2.75, 3.05) is 17.2 Å². The average Bonchev–Trinajstić information content (AvgIpc) is 2.40. The Balaban J connectivity index is 2.06. The number of nitrogens with two attached hydrogens (primary N) is 1. The number of anilines is 2. The van der Waals surface area contributed by atoms with Crippen molar-refractivity contribution in [2.24, 2.45) is 5.73 Å². The van der Waals surface area contributed by atoms with E-state index in [1.165, 1.54) is 12.1 Å². The number of benzene rings is 1. The Morgan fingerprint density at radius 3 is 2.90 bits per heavy atom. The first-order valence-corrected chi connectivity index (χ1v) is 6.72. The molecule has 0 aromatic heterocycles. The maximum absolute atomic E-state index is 13.9. The Kier molecular flexibility index (Phi) is 4.68. The van der Waals surface area contributed by atoms with E-state index in [0.717, 1.165) is 12.0 Å². The standard InChI is InChI=1S/C14H18FN3O2/c15-10-7-9-4-5-14(20)17-11(9)8-12(10)18-13(19)3-1-2-6-16/h7-8H,1-6,16H2,(H,17,20)(H,18,19). The second-order valence-corrected chi connectivity index (χ2v) is 4.83. The van der Waals surface area contributed by atoms with Crippen LogP contribution >= 0.6 is 0 Å². The number of nitrogens with one attached hydrogen (secondary N) is 2. The summed E-state index contributed by atoms with van der Waals surface area (Å²) in [4.78, 5) is 23.0. The summed E-state index contributed by atoms with van der Waals surface area (Å²) in [6.45, 7) is 0.534. The second kappa shape index (κ2) is 6.47. The lowest BCUT2D eigenvalue weighted by Crippen LogP contribution is -2.20. The third-order valence-corrected chi connectivity index (χ3v) is 3.22. The van der Waals surface area contributed by atoms with Crippen molar-refractivity contribution in [3.05, 3.63) is 23.5 Å². The smallest absolute Gasteiger partial charge is 0.224 e. The summed E-state index contributed by atoms with van der Waals surface area (Å²) < 4.78 is 13.9. The van der Waals surface area contributed by atoms with E-state index in [-0.39, 0.29) is 17.5 Å². The fraction of sp³-hybridized carbons (Fsp3) is 0.429. The molecule has 1 aliphatic rings. The SMILES string of the molecule is NCCCCC(=O)Nc1cc2c(cc1F)CCC(=O)N2. The zero-order valence-electron chi connectivity index (χ0n) is 11.2. The molecule has 2 amide bonds. The minimum absolute atomic E-state index is 0.0932. The van der Waals surface area contributed by atoms with Gasteiger partial charge in [0, 0.05) is 18.5 Å². The zero-order valence-corrected chi connectivity index (χ0v) is 11.2. The van der Waals surface area contributed by atoms with Crippen LogP contribution in [0.2, 0.25) is 0 Å². The highest BCUT2D eigenvalue weighted by molar-refractivity contribution is 5.96. The van der Waals surface area contributed by atoms with E-state index in [1.807, 2.05) is 0 Å². The van der Waals surface area contributed by atoms with Crippen molar-refractivity contribution in [3.63, 3.8) is 0 Å². The molecule has 0 aliphatic carbocycles. The summed E-state index contributed by atoms with van der Waals surface area (Å²) in [6.07, 6.45) is 2.61. The molecule has 1 heterocycles. The second-order valence-electron chi connectivity index (χ2n) is 4.83. The van der Waals surface area contributed by atoms with E-state index in [9.17, 15) is 14.0 Å². The summed E-state index contributed by atoms with van der Waals surface area (Å²) in [5, 5.41) is 5.21. The lowest BCUT2D eigenvalue weighted by Gasteiger charge is -2.18. The first-order chi connectivity index (χ1) is 9.60. The summed E-state index contributed by atoms with van der Waals surface area (Å²) in [6, 6.07) is 2.84. The Morgan fingerprint density at radius 2 is 2.15 bits per heavy atom. The number of rotatable bonds is 5. The van der Waals surface area contributed by atoms with Gasteiger partial charge in [0.1, 0.15) is 5.82 Å². The van der Waals surface area contributed by atoms with Crippen molar-refractivity contribution in [1.82, 2.24) is 0 Å². The molecular weight excluding hydrogens is 261 g/mol. The van der Waals surface area contributed by atoms with Gasteiger partial charge >= 0.3 is 0 Å². The predicted molar refractivity (Wildman–Crippen MR) is 74.9 cm³/mol. The topological polar surface area (TPSA) is 84.2 Å². The minimum Gasteiger partial charge on any atom is -0.330 e. The molecule has 2 rings (SSSR count). The van der Waals surface area contributed by atoms with Gasteiger partial charge in [-0.3, -0.25) is 9.59 Å². The first-order valence-electron chi connectivity index (χ1n) is 6.72. The maximum Gasteiger partial charge on any atom is 0.224 e. The first kappa shape index (κ1) is 14.5. The monoisotopic (exact) mass is 279 g/mol. The summed E-state index contributed by atoms with van der Waals surface area (Å²) in [7, 11) is 0. The van der Waals surface area contributed by atoms with Crippen LogP contribution in [0, 0.1) is 5.82 Å². The molecule has 0 bridgehead atoms. The van der Waals surface area contributed by atoms with E-state index in [4.69, 9.17) is 5.73 Å². The molecule has 0 saturated carbocycles. The Bertz CT molecular complexity index is 531. The fourth-order valence-corrected chi connectivity index (χ4v) is 2.14. The van der Waals surface area contributed by atoms with E-state index in [1.54, 1.807) is 0 Å². The summed E-state index contributed by atoms with van der Waals surface area (Å²) >= 11 is 0. The summed E-state index contributed by atoms with van der Waals surface area (Å²) in [5.41, 5.74) is 6.77. The van der Waals surface area contributed by atoms with Gasteiger partial charge in [0.15, 0.2) is 0 Å². The van der Waals surface area contributed by atoms with E-state index < -0.39 is 5.82 Å². The van der Waals surface area contributed by atoms with E-state index in [0.29, 0.717) is 37.9 Å². The molecule has 6 heteroatoms. The molecule has 108 valence electrons. The minimum atomic E-state index is -0.480. The lowest BCUT2D eigenvalue weighted by molar-refractivity contribution is -0.117. The van der Waals surface area contributed by atoms with Crippen molar-refractivity contribution >= 4 is 23.2 Å². The third-order valence-electron chi connectivity index (χ3n) is 3.22. The maximum atomic E-state index is 13.9. The van der Waals surface area contributed by atoms with Crippen molar-refractivity contribution in [2.45, 2.75) is 32.1 Å². The fourth-order valence-electron chi connectivity index (χ4n) is 2.14. The van der Waals surface area contributed by atoms with Crippen LogP contribution in [0.3, 0.4) is 0 Å². The van der Waals surface area contributed by atoms with Gasteiger partial charge in [0.25, 0.3) is 0 Å². The highest BCUT2D eigenvalue weighted by atomic mass is 19.1. The van der Waals surface area contributed by atoms with Crippen LogP contribution in [0.4, 0.5) is 15.8 Å². The van der Waals surface area contributed by atoms with Gasteiger partial charge in [0.05, 0.1) is 5.69 Å². The molecule has 0 saturated heterocycles. The van der Waals surface area contributed by atoms with Crippen LogP contribution in [0.25, 0.3) is 0 Å². The number of unbranched alkanes of at least 4 members (excludes halogenated alkanes) is 1. The predicted octanol–water partition coefficient (Wildman–Crippen LogP) is 1.78. The highest BCUT2D eigenvalue weighted by Crippen LogP contribution is 2.28. The molecule has 1 aromatic rings. The Labute approximate surface area is 116 Å². The number of hydrogen-bond donors (Lipinski definition) is 3. The Morgan fingerprint density at radius 1 is 1.35 bits per heavy atom. The Hall–Kier alpha value is -1.95. The van der Waals surface area contributed by atoms with Gasteiger partial charge in [-0.25, -0.2) is 4.39 Å². The molecule has 0 unspecified atom stereocenters. The van der Waals surface area contributed by atoms with Gasteiger partial charge in [-0.1, -0.05) is 0 Å². The lowest BCUT2D eigenvalue weighted by atomic mass is 10.0. The van der Waals surface area contributed by atoms with E-state index in [2.05, 4.69) is 10.6 Å². The van der Waals surface area contributed by atoms with Crippen LogP contribution in [-0.4, -0.2) is 18.4 Å². The molecule has 4 N–H and O–H groups in total. The summed E-state index contributed by atoms with van der Waals surface area (Å²) in [5.74, 6) is -0.823. The van der Waals surface area contributed by atoms with E-state index >= 15 is 0 Å². The van der Waals surface area contributed by atoms with Gasteiger partial charge < -0.3 is 16.4 Å². The van der Waals surface area contributed by atoms with Gasteiger partial charge in [-0.2, -0.15) is 0 Å². The zero-order chi connectivity index (χ0) is 14.5. The molecule has 5 nitrogen and oxygen atoms in total. The number of carbonyl (C=O) groups is 2. The molecule has 0 fully saturated rings.